The molecule has 166 valence electrons. The van der Waals surface area contributed by atoms with Crippen molar-refractivity contribution in [2.24, 2.45) is 5.10 Å². The predicted molar refractivity (Wildman–Crippen MR) is 121 cm³/mol. The highest BCUT2D eigenvalue weighted by Crippen LogP contribution is 2.27. The largest absolute Gasteiger partial charge is 0.475 e. The zero-order valence-corrected chi connectivity index (χ0v) is 18.9. The SMILES string of the molecule is CCCc1nc2ccc(Br)cc2c(=O)n1N=Cc1ccc(OCC(=O)OC)c([N+](=O)[O-])c1. The van der Waals surface area contributed by atoms with Gasteiger partial charge in [0.1, 0.15) is 5.82 Å². The van der Waals surface area contributed by atoms with Gasteiger partial charge < -0.3 is 9.47 Å². The number of nitrogens with zero attached hydrogens (tertiary/aromatic N) is 4. The van der Waals surface area contributed by atoms with Gasteiger partial charge in [0.2, 0.25) is 0 Å². The van der Waals surface area contributed by atoms with Gasteiger partial charge in [-0.05, 0) is 36.8 Å². The van der Waals surface area contributed by atoms with Crippen LogP contribution in [0, 0.1) is 10.1 Å². The summed E-state index contributed by atoms with van der Waals surface area (Å²) in [7, 11) is 1.19. The molecule has 32 heavy (non-hydrogen) atoms. The highest BCUT2D eigenvalue weighted by molar-refractivity contribution is 9.10. The average molecular weight is 503 g/mol. The fraction of sp³-hybridized carbons (Fsp3) is 0.238. The Morgan fingerprint density at radius 2 is 2.09 bits per heavy atom. The van der Waals surface area contributed by atoms with Crippen LogP contribution in [-0.4, -0.2) is 40.5 Å². The summed E-state index contributed by atoms with van der Waals surface area (Å²) in [6, 6.07) is 9.36. The third-order valence-corrected chi connectivity index (χ3v) is 4.92. The van der Waals surface area contributed by atoms with E-state index in [1.165, 1.54) is 36.2 Å². The molecule has 2 aromatic carbocycles. The summed E-state index contributed by atoms with van der Waals surface area (Å²) in [5.74, 6) is -0.266. The van der Waals surface area contributed by atoms with Gasteiger partial charge >= 0.3 is 11.7 Å². The number of rotatable bonds is 8. The normalized spacial score (nSPS) is 11.1. The number of benzene rings is 2. The molecule has 0 saturated heterocycles. The Bertz CT molecular complexity index is 1270. The van der Waals surface area contributed by atoms with Crippen LogP contribution in [0.4, 0.5) is 5.69 Å². The van der Waals surface area contributed by atoms with Crippen LogP contribution < -0.4 is 10.3 Å². The van der Waals surface area contributed by atoms with Crippen LogP contribution in [-0.2, 0) is 16.0 Å². The molecule has 0 saturated carbocycles. The Morgan fingerprint density at radius 1 is 1.31 bits per heavy atom. The zero-order valence-electron chi connectivity index (χ0n) is 17.3. The highest BCUT2D eigenvalue weighted by Gasteiger charge is 2.17. The first-order valence-corrected chi connectivity index (χ1v) is 10.4. The lowest BCUT2D eigenvalue weighted by atomic mass is 10.2. The number of halogens is 1. The van der Waals surface area contributed by atoms with E-state index in [0.29, 0.717) is 28.7 Å². The van der Waals surface area contributed by atoms with Crippen molar-refractivity contribution in [2.45, 2.75) is 19.8 Å². The smallest absolute Gasteiger partial charge is 0.343 e. The molecule has 0 aliphatic heterocycles. The molecule has 0 aliphatic rings. The first kappa shape index (κ1) is 23.1. The van der Waals surface area contributed by atoms with Crippen LogP contribution in [0.25, 0.3) is 10.9 Å². The molecular weight excluding hydrogens is 484 g/mol. The molecule has 0 N–H and O–H groups in total. The molecule has 3 aromatic rings. The Morgan fingerprint density at radius 3 is 2.78 bits per heavy atom. The zero-order chi connectivity index (χ0) is 23.3. The van der Waals surface area contributed by atoms with Gasteiger partial charge in [0, 0.05) is 22.5 Å². The minimum absolute atomic E-state index is 0.0846. The first-order valence-electron chi connectivity index (χ1n) is 9.57. The second-order valence-corrected chi connectivity index (χ2v) is 7.57. The molecule has 0 amide bonds. The number of esters is 1. The molecule has 0 radical (unpaired) electrons. The summed E-state index contributed by atoms with van der Waals surface area (Å²) >= 11 is 3.35. The van der Waals surface area contributed by atoms with Gasteiger partial charge in [-0.2, -0.15) is 9.78 Å². The predicted octanol–water partition coefficient (Wildman–Crippen LogP) is 3.45. The van der Waals surface area contributed by atoms with Gasteiger partial charge in [-0.15, -0.1) is 0 Å². The van der Waals surface area contributed by atoms with Gasteiger partial charge in [-0.3, -0.25) is 14.9 Å². The quantitative estimate of drug-likeness (QED) is 0.200. The van der Waals surface area contributed by atoms with Gasteiger partial charge in [0.05, 0.1) is 29.2 Å². The number of aromatic nitrogens is 2. The van der Waals surface area contributed by atoms with Crippen molar-refractivity contribution in [1.82, 2.24) is 9.66 Å². The Hall–Kier alpha value is -3.60. The van der Waals surface area contributed by atoms with Crippen LogP contribution in [0.1, 0.15) is 24.7 Å². The fourth-order valence-electron chi connectivity index (χ4n) is 2.90. The van der Waals surface area contributed by atoms with E-state index in [0.717, 1.165) is 10.9 Å². The van der Waals surface area contributed by atoms with Gasteiger partial charge in [-0.25, -0.2) is 9.78 Å². The Balaban J connectivity index is 2.01. The molecule has 0 unspecified atom stereocenters. The number of hydrogen-bond donors (Lipinski definition) is 0. The molecule has 3 rings (SSSR count). The monoisotopic (exact) mass is 502 g/mol. The molecule has 0 spiro atoms. The Labute approximate surface area is 190 Å². The number of nitro groups is 1. The third-order valence-electron chi connectivity index (χ3n) is 4.42. The topological polar surface area (TPSA) is 126 Å². The minimum Gasteiger partial charge on any atom is -0.475 e. The van der Waals surface area contributed by atoms with E-state index in [4.69, 9.17) is 4.74 Å². The van der Waals surface area contributed by atoms with Crippen LogP contribution in [0.15, 0.2) is 50.8 Å². The summed E-state index contributed by atoms with van der Waals surface area (Å²) in [4.78, 5) is 39.6. The van der Waals surface area contributed by atoms with Crippen molar-refractivity contribution in [2.75, 3.05) is 13.7 Å². The van der Waals surface area contributed by atoms with Crippen molar-refractivity contribution in [3.05, 3.63) is 72.7 Å². The van der Waals surface area contributed by atoms with E-state index in [-0.39, 0.29) is 17.0 Å². The second-order valence-electron chi connectivity index (χ2n) is 6.65. The maximum Gasteiger partial charge on any atom is 0.343 e. The summed E-state index contributed by atoms with van der Waals surface area (Å²) in [6.07, 6.45) is 2.61. The fourth-order valence-corrected chi connectivity index (χ4v) is 3.26. The van der Waals surface area contributed by atoms with Gasteiger partial charge in [0.15, 0.2) is 12.4 Å². The maximum absolute atomic E-state index is 13.0. The molecule has 1 aromatic heterocycles. The van der Waals surface area contributed by atoms with E-state index in [1.807, 2.05) is 6.92 Å². The van der Waals surface area contributed by atoms with Crippen LogP contribution in [0.5, 0.6) is 5.75 Å². The van der Waals surface area contributed by atoms with Crippen LogP contribution in [0.3, 0.4) is 0 Å². The summed E-state index contributed by atoms with van der Waals surface area (Å²) in [5, 5.41) is 16.1. The molecule has 0 fully saturated rings. The molecule has 0 atom stereocenters. The van der Waals surface area contributed by atoms with Crippen molar-refractivity contribution in [1.29, 1.82) is 0 Å². The van der Waals surface area contributed by atoms with Crippen LogP contribution in [0.2, 0.25) is 0 Å². The van der Waals surface area contributed by atoms with Crippen molar-refractivity contribution < 1.29 is 19.2 Å². The number of ether oxygens (including phenoxy) is 2. The number of fused-ring (bicyclic) bond motifs is 1. The lowest BCUT2D eigenvalue weighted by Crippen LogP contribution is -2.22. The number of hydrogen-bond acceptors (Lipinski definition) is 8. The number of methoxy groups -OCH3 is 1. The van der Waals surface area contributed by atoms with Crippen molar-refractivity contribution in [3.8, 4) is 5.75 Å². The number of nitro benzene ring substituents is 1. The number of aryl methyl sites for hydroxylation is 1. The van der Waals surface area contributed by atoms with Gasteiger partial charge in [-0.1, -0.05) is 22.9 Å². The maximum atomic E-state index is 13.0. The van der Waals surface area contributed by atoms with E-state index in [9.17, 15) is 19.7 Å². The standard InChI is InChI=1S/C21H19BrN4O6/c1-3-4-19-24-16-7-6-14(22)10-15(16)21(28)25(19)23-11-13-5-8-18(17(9-13)26(29)30)32-12-20(27)31-2/h5-11H,3-4,12H2,1-2H3. The molecule has 1 heterocycles. The minimum atomic E-state index is -0.664. The molecule has 10 nitrogen and oxygen atoms in total. The first-order chi connectivity index (χ1) is 15.3. The third kappa shape index (κ3) is 5.17. The number of carbonyl (C=O) groups excluding carboxylic acids is 1. The van der Waals surface area contributed by atoms with Gasteiger partial charge in [0.25, 0.3) is 5.56 Å². The summed E-state index contributed by atoms with van der Waals surface area (Å²) in [6.45, 7) is 1.50. The average Bonchev–Trinajstić information content (AvgIpc) is 2.78. The lowest BCUT2D eigenvalue weighted by Gasteiger charge is -2.09. The summed E-state index contributed by atoms with van der Waals surface area (Å²) in [5.41, 5.74) is 0.240. The van der Waals surface area contributed by atoms with E-state index >= 15 is 0 Å². The Kier molecular flexibility index (Phi) is 7.31. The van der Waals surface area contributed by atoms with E-state index in [2.05, 4.69) is 30.8 Å². The van der Waals surface area contributed by atoms with E-state index < -0.39 is 17.5 Å². The number of carbonyl (C=O) groups is 1. The van der Waals surface area contributed by atoms with Crippen LogP contribution >= 0.6 is 15.9 Å². The molecule has 11 heteroatoms. The highest BCUT2D eigenvalue weighted by atomic mass is 79.9. The van der Waals surface area contributed by atoms with E-state index in [1.54, 1.807) is 18.2 Å². The lowest BCUT2D eigenvalue weighted by molar-refractivity contribution is -0.385. The molecule has 0 bridgehead atoms. The summed E-state index contributed by atoms with van der Waals surface area (Å²) < 4.78 is 11.6. The molecular formula is C21H19BrN4O6. The second kappa shape index (κ2) is 10.1. The van der Waals surface area contributed by atoms with Crippen molar-refractivity contribution >= 4 is 44.7 Å². The molecule has 0 aliphatic carbocycles. The van der Waals surface area contributed by atoms with Crippen molar-refractivity contribution in [3.63, 3.8) is 0 Å².